The molecule has 6 amide bonds. The average molecular weight is 1300 g/mol. The third kappa shape index (κ3) is 22.4. The van der Waals surface area contributed by atoms with Crippen molar-refractivity contribution < 1.29 is 28.2 Å². The van der Waals surface area contributed by atoms with Crippen LogP contribution >= 0.6 is 0 Å². The third-order valence-electron chi connectivity index (χ3n) is 19.1. The lowest BCUT2D eigenvalue weighted by Gasteiger charge is -2.40. The number of nitrogens with one attached hydrogen (secondary N) is 3. The molecule has 11 rings (SSSR count). The molecule has 3 fully saturated rings. The second kappa shape index (κ2) is 37.3. The molecule has 15 heteroatoms. The number of hydrogen-bond acceptors (Lipinski definition) is 8. The zero-order valence-corrected chi connectivity index (χ0v) is 58.3. The molecule has 0 radical (unpaired) electrons. The number of fused-ring (bicyclic) bond motifs is 1. The van der Waals surface area contributed by atoms with Crippen molar-refractivity contribution in [1.82, 2.24) is 29.4 Å². The van der Waals surface area contributed by atoms with E-state index in [4.69, 9.17) is 9.47 Å². The largest absolute Gasteiger partial charge is 0.454 e. The quantitative estimate of drug-likeness (QED) is 0.0578. The van der Waals surface area contributed by atoms with Gasteiger partial charge in [-0.1, -0.05) is 155 Å². The monoisotopic (exact) mass is 1300 g/mol. The van der Waals surface area contributed by atoms with E-state index in [1.54, 1.807) is 6.07 Å². The summed E-state index contributed by atoms with van der Waals surface area (Å²) in [5.74, 6) is 1.08. The van der Waals surface area contributed by atoms with E-state index in [1.165, 1.54) is 90.6 Å². The standard InChI is InChI=1S/C31H39N3O.C25H32FN3O3.C25H35N3O/c1-3-11-25(2)33-20-18-30(19-21-33)34(24-27-14-8-5-9-15-27)31(35)32-29-17-10-16-28(23-29)22-26-12-6-4-7-13-26;1-3-4-9-28-10-7-22(8-11-28)29(16-19-5-6-23-24(14-19)32-17-31-23)25(30)27-21-13-18(2)12-20(26)15-21;1-4-5-13-27-14-11-24(12-15-27)28(19-22-9-7-6-8-10-22)25(29)26-23-17-20(2)16-21(3)18-23/h4-10,12-17,23,25,30H,3,11,18-22,24H2,1-2H3,(H,32,35);5-6,12-15,22H,3-4,7-11,16-17H2,1-2H3,(H,27,30);6-10,16-18,24H,4-5,11-15,19H2,1-3H3,(H,26,29). The summed E-state index contributed by atoms with van der Waals surface area (Å²) in [7, 11) is 0. The fourth-order valence-electron chi connectivity index (χ4n) is 13.8. The topological polar surface area (TPSA) is 125 Å². The van der Waals surface area contributed by atoms with Crippen LogP contribution in [-0.2, 0) is 26.1 Å². The molecule has 96 heavy (non-hydrogen) atoms. The van der Waals surface area contributed by atoms with Gasteiger partial charge in [-0.2, -0.15) is 0 Å². The second-order valence-corrected chi connectivity index (χ2v) is 26.8. The Hall–Kier alpha value is -8.24. The number of anilines is 3. The van der Waals surface area contributed by atoms with Gasteiger partial charge in [0.1, 0.15) is 5.82 Å². The lowest BCUT2D eigenvalue weighted by atomic mass is 10.00. The highest BCUT2D eigenvalue weighted by Gasteiger charge is 2.32. The molecule has 1 atom stereocenters. The fraction of sp³-hybridized carbons (Fsp3) is 0.444. The Kier molecular flexibility index (Phi) is 28.0. The van der Waals surface area contributed by atoms with Crippen molar-refractivity contribution in [3.05, 3.63) is 220 Å². The van der Waals surface area contributed by atoms with Crippen LogP contribution < -0.4 is 25.4 Å². The zero-order valence-electron chi connectivity index (χ0n) is 58.3. The van der Waals surface area contributed by atoms with Crippen LogP contribution in [0, 0.1) is 26.6 Å². The molecule has 7 aromatic rings. The number of benzene rings is 7. The number of rotatable bonds is 23. The fourth-order valence-corrected chi connectivity index (χ4v) is 13.8. The highest BCUT2D eigenvalue weighted by Crippen LogP contribution is 2.34. The van der Waals surface area contributed by atoms with Gasteiger partial charge in [0.2, 0.25) is 6.79 Å². The first-order valence-corrected chi connectivity index (χ1v) is 35.5. The average Bonchev–Trinajstić information content (AvgIpc) is 1.27. The van der Waals surface area contributed by atoms with E-state index >= 15 is 0 Å². The third-order valence-corrected chi connectivity index (χ3v) is 19.1. The predicted octanol–water partition coefficient (Wildman–Crippen LogP) is 17.7. The summed E-state index contributed by atoms with van der Waals surface area (Å²) in [6, 6.07) is 57.0. The van der Waals surface area contributed by atoms with Crippen LogP contribution in [0.15, 0.2) is 170 Å². The molecule has 0 saturated carbocycles. The highest BCUT2D eigenvalue weighted by atomic mass is 19.1. The van der Waals surface area contributed by atoms with Crippen LogP contribution in [0.4, 0.5) is 35.8 Å². The maximum absolute atomic E-state index is 13.9. The van der Waals surface area contributed by atoms with Gasteiger partial charge in [-0.15, -0.1) is 0 Å². The van der Waals surface area contributed by atoms with Crippen molar-refractivity contribution in [3.63, 3.8) is 0 Å². The Labute approximate surface area is 572 Å². The minimum absolute atomic E-state index is 0.00543. The van der Waals surface area contributed by atoms with Crippen LogP contribution in [-0.4, -0.2) is 131 Å². The number of piperidine rings is 3. The lowest BCUT2D eigenvalue weighted by Crippen LogP contribution is -2.50. The van der Waals surface area contributed by atoms with Gasteiger partial charge >= 0.3 is 18.1 Å². The predicted molar refractivity (Wildman–Crippen MR) is 390 cm³/mol. The Morgan fingerprint density at radius 3 is 1.39 bits per heavy atom. The SMILES string of the molecule is CCCC(C)N1CCC(N(Cc2ccccc2)C(=O)Nc2cccc(Cc3ccccc3)c2)CC1.CCCCN1CCC(N(Cc2ccc3c(c2)OCO3)C(=O)Nc2cc(C)cc(F)c2)CC1.CCCCN1CCC(N(Cc2ccccc2)C(=O)Nc2cc(C)cc(C)c2)CC1. The number of hydrogen-bond donors (Lipinski definition) is 3. The summed E-state index contributed by atoms with van der Waals surface area (Å²) < 4.78 is 24.8. The molecular formula is C81H106FN9O5. The summed E-state index contributed by atoms with van der Waals surface area (Å²) in [4.78, 5) is 53.8. The van der Waals surface area contributed by atoms with E-state index in [1.807, 2.05) is 102 Å². The number of likely N-dealkylation sites (tertiary alicyclic amines) is 3. The van der Waals surface area contributed by atoms with E-state index < -0.39 is 0 Å². The van der Waals surface area contributed by atoms with Crippen molar-refractivity contribution in [3.8, 4) is 11.5 Å². The number of unbranched alkanes of at least 4 members (excludes halogenated alkanes) is 2. The molecular weight excluding hydrogens is 1200 g/mol. The highest BCUT2D eigenvalue weighted by molar-refractivity contribution is 5.91. The molecule has 3 N–H and O–H groups in total. The summed E-state index contributed by atoms with van der Waals surface area (Å²) in [6.45, 7) is 25.4. The Morgan fingerprint density at radius 2 is 0.896 bits per heavy atom. The van der Waals surface area contributed by atoms with Gasteiger partial charge in [0.25, 0.3) is 0 Å². The van der Waals surface area contributed by atoms with Crippen LogP contribution in [0.25, 0.3) is 0 Å². The number of carbonyl (C=O) groups excluding carboxylic acids is 3. The van der Waals surface area contributed by atoms with Gasteiger partial charge in [-0.05, 0) is 204 Å². The first-order chi connectivity index (χ1) is 46.7. The molecule has 4 aliphatic rings. The smallest absolute Gasteiger partial charge is 0.322 e. The maximum atomic E-state index is 13.9. The molecule has 4 heterocycles. The van der Waals surface area contributed by atoms with E-state index in [-0.39, 0.29) is 48.8 Å². The van der Waals surface area contributed by atoms with E-state index in [9.17, 15) is 18.8 Å². The van der Waals surface area contributed by atoms with Crippen LogP contribution in [0.3, 0.4) is 0 Å². The van der Waals surface area contributed by atoms with Crippen LogP contribution in [0.1, 0.15) is 149 Å². The molecule has 14 nitrogen and oxygen atoms in total. The van der Waals surface area contributed by atoms with E-state index in [0.717, 1.165) is 119 Å². The molecule has 3 saturated heterocycles. The van der Waals surface area contributed by atoms with E-state index in [2.05, 4.69) is 144 Å². The number of carbonyl (C=O) groups is 3. The molecule has 0 aromatic heterocycles. The van der Waals surface area contributed by atoms with Crippen molar-refractivity contribution in [1.29, 1.82) is 0 Å². The normalized spacial score (nSPS) is 15.7. The Bertz CT molecular complexity index is 3460. The molecule has 0 spiro atoms. The number of urea groups is 3. The van der Waals surface area contributed by atoms with Gasteiger partial charge in [0.15, 0.2) is 11.5 Å². The summed E-state index contributed by atoms with van der Waals surface area (Å²) in [6.07, 6.45) is 14.1. The van der Waals surface area contributed by atoms with Crippen molar-refractivity contribution in [2.45, 2.75) is 176 Å². The number of amides is 6. The lowest BCUT2D eigenvalue weighted by molar-refractivity contribution is 0.0989. The van der Waals surface area contributed by atoms with Gasteiger partial charge < -0.3 is 54.8 Å². The zero-order chi connectivity index (χ0) is 67.6. The summed E-state index contributed by atoms with van der Waals surface area (Å²) in [5.41, 5.74) is 11.1. The van der Waals surface area contributed by atoms with Gasteiger partial charge in [-0.25, -0.2) is 18.8 Å². The molecule has 7 aromatic carbocycles. The number of ether oxygens (including phenoxy) is 2. The second-order valence-electron chi connectivity index (χ2n) is 26.8. The molecule has 1 unspecified atom stereocenters. The number of nitrogens with zero attached hydrogens (tertiary/aromatic N) is 6. The minimum atomic E-state index is -0.355. The summed E-state index contributed by atoms with van der Waals surface area (Å²) >= 11 is 0. The van der Waals surface area contributed by atoms with Crippen LogP contribution in [0.2, 0.25) is 0 Å². The maximum Gasteiger partial charge on any atom is 0.322 e. The minimum Gasteiger partial charge on any atom is -0.454 e. The van der Waals surface area contributed by atoms with Crippen molar-refractivity contribution in [2.24, 2.45) is 0 Å². The van der Waals surface area contributed by atoms with Gasteiger partial charge in [0, 0.05) is 100 Å². The van der Waals surface area contributed by atoms with Crippen molar-refractivity contribution >= 4 is 35.2 Å². The molecule has 0 aliphatic carbocycles. The molecule has 0 bridgehead atoms. The van der Waals surface area contributed by atoms with Crippen molar-refractivity contribution in [2.75, 3.05) is 75.1 Å². The Morgan fingerprint density at radius 1 is 0.458 bits per heavy atom. The number of halogens is 1. The van der Waals surface area contributed by atoms with E-state index in [0.29, 0.717) is 37.1 Å². The van der Waals surface area contributed by atoms with Crippen LogP contribution in [0.5, 0.6) is 11.5 Å². The first kappa shape index (κ1) is 72.0. The summed E-state index contributed by atoms with van der Waals surface area (Å²) in [5, 5.41) is 9.29. The van der Waals surface area contributed by atoms with Gasteiger partial charge in [0.05, 0.1) is 0 Å². The Balaban J connectivity index is 0.000000170. The molecule has 4 aliphatic heterocycles. The van der Waals surface area contributed by atoms with Gasteiger partial charge in [-0.3, -0.25) is 0 Å². The first-order valence-electron chi connectivity index (χ1n) is 35.5. The number of aryl methyl sites for hydroxylation is 3. The molecule has 512 valence electrons.